The first kappa shape index (κ1) is 10.7. The van der Waals surface area contributed by atoms with Crippen LogP contribution in [-0.4, -0.2) is 10.8 Å². The number of carbonyl (C=O) groups is 1. The lowest BCUT2D eigenvalue weighted by Crippen LogP contribution is -2.22. The van der Waals surface area contributed by atoms with E-state index in [1.54, 1.807) is 13.1 Å². The lowest BCUT2D eigenvalue weighted by Gasteiger charge is -2.24. The van der Waals surface area contributed by atoms with E-state index >= 15 is 0 Å². The van der Waals surface area contributed by atoms with Crippen LogP contribution in [0.4, 0.5) is 5.82 Å². The summed E-state index contributed by atoms with van der Waals surface area (Å²) in [6.07, 6.45) is 2.14. The Balaban J connectivity index is 3.03. The Morgan fingerprint density at radius 3 is 2.71 bits per heavy atom. The van der Waals surface area contributed by atoms with Crippen LogP contribution in [0.3, 0.4) is 0 Å². The van der Waals surface area contributed by atoms with Crippen molar-refractivity contribution in [1.29, 1.82) is 0 Å². The van der Waals surface area contributed by atoms with Crippen molar-refractivity contribution in [3.8, 4) is 0 Å². The van der Waals surface area contributed by atoms with Crippen LogP contribution in [-0.2, 0) is 10.2 Å². The van der Waals surface area contributed by atoms with Gasteiger partial charge in [-0.2, -0.15) is 0 Å². The summed E-state index contributed by atoms with van der Waals surface area (Å²) in [6.45, 7) is 5.60. The van der Waals surface area contributed by atoms with Crippen molar-refractivity contribution in [3.63, 3.8) is 0 Å². The number of rotatable bonds is 3. The van der Waals surface area contributed by atoms with Gasteiger partial charge in [0, 0.05) is 23.6 Å². The van der Waals surface area contributed by atoms with Crippen molar-refractivity contribution < 1.29 is 4.79 Å². The molecule has 0 saturated heterocycles. The van der Waals surface area contributed by atoms with E-state index in [9.17, 15) is 4.79 Å². The summed E-state index contributed by atoms with van der Waals surface area (Å²) < 4.78 is 0. The maximum atomic E-state index is 11.1. The Morgan fingerprint density at radius 2 is 2.21 bits per heavy atom. The van der Waals surface area contributed by atoms with Crippen LogP contribution >= 0.6 is 0 Å². The summed E-state index contributed by atoms with van der Waals surface area (Å²) >= 11 is 0. The van der Waals surface area contributed by atoms with Gasteiger partial charge in [0.2, 0.25) is 0 Å². The fraction of sp³-hybridized carbons (Fsp3) is 0.455. The number of pyridine rings is 1. The van der Waals surface area contributed by atoms with Crippen molar-refractivity contribution >= 4 is 11.6 Å². The van der Waals surface area contributed by atoms with E-state index < -0.39 is 0 Å². The summed E-state index contributed by atoms with van der Waals surface area (Å²) in [6, 6.07) is 3.76. The van der Waals surface area contributed by atoms with Crippen LogP contribution in [0, 0.1) is 0 Å². The van der Waals surface area contributed by atoms with Crippen LogP contribution in [0.5, 0.6) is 0 Å². The number of nitrogen functional groups attached to an aromatic ring is 1. The SMILES string of the molecule is CC(=O)CC(C)(C)c1cccnc1N. The van der Waals surface area contributed by atoms with Gasteiger partial charge in [-0.05, 0) is 13.0 Å². The molecule has 0 saturated carbocycles. The first-order valence-electron chi connectivity index (χ1n) is 4.64. The van der Waals surface area contributed by atoms with Crippen molar-refractivity contribution in [2.75, 3.05) is 5.73 Å². The average molecular weight is 192 g/mol. The van der Waals surface area contributed by atoms with Crippen molar-refractivity contribution in [2.24, 2.45) is 0 Å². The van der Waals surface area contributed by atoms with Gasteiger partial charge in [0.1, 0.15) is 11.6 Å². The zero-order chi connectivity index (χ0) is 10.8. The summed E-state index contributed by atoms with van der Waals surface area (Å²) in [7, 11) is 0. The van der Waals surface area contributed by atoms with Crippen molar-refractivity contribution in [1.82, 2.24) is 4.98 Å². The third-order valence-corrected chi connectivity index (χ3v) is 2.26. The molecule has 0 atom stereocenters. The molecule has 1 rings (SSSR count). The van der Waals surface area contributed by atoms with Gasteiger partial charge in [-0.1, -0.05) is 19.9 Å². The van der Waals surface area contributed by atoms with E-state index in [4.69, 9.17) is 5.73 Å². The third-order valence-electron chi connectivity index (χ3n) is 2.26. The monoisotopic (exact) mass is 192 g/mol. The molecule has 0 aromatic carbocycles. The van der Waals surface area contributed by atoms with Crippen LogP contribution < -0.4 is 5.73 Å². The van der Waals surface area contributed by atoms with Gasteiger partial charge in [-0.3, -0.25) is 4.79 Å². The largest absolute Gasteiger partial charge is 0.383 e. The molecule has 1 aromatic rings. The van der Waals surface area contributed by atoms with Gasteiger partial charge >= 0.3 is 0 Å². The van der Waals surface area contributed by atoms with E-state index in [0.29, 0.717) is 12.2 Å². The number of carbonyl (C=O) groups excluding carboxylic acids is 1. The molecule has 1 aromatic heterocycles. The Kier molecular flexibility index (Phi) is 2.89. The highest BCUT2D eigenvalue weighted by Gasteiger charge is 2.24. The molecule has 0 aliphatic carbocycles. The third kappa shape index (κ3) is 2.31. The molecule has 0 radical (unpaired) electrons. The summed E-state index contributed by atoms with van der Waals surface area (Å²) in [5.74, 6) is 0.678. The quantitative estimate of drug-likeness (QED) is 0.796. The molecule has 3 heteroatoms. The molecular formula is C11H16N2O. The minimum Gasteiger partial charge on any atom is -0.383 e. The van der Waals surface area contributed by atoms with Crippen molar-refractivity contribution in [3.05, 3.63) is 23.9 Å². The molecule has 0 fully saturated rings. The number of aromatic nitrogens is 1. The number of anilines is 1. The van der Waals surface area contributed by atoms with Gasteiger partial charge in [-0.15, -0.1) is 0 Å². The lowest BCUT2D eigenvalue weighted by molar-refractivity contribution is -0.118. The first-order chi connectivity index (χ1) is 6.43. The first-order valence-corrected chi connectivity index (χ1v) is 4.64. The van der Waals surface area contributed by atoms with E-state index in [-0.39, 0.29) is 11.2 Å². The molecule has 0 amide bonds. The molecule has 0 aliphatic heterocycles. The predicted molar refractivity (Wildman–Crippen MR) is 57.0 cm³/mol. The number of Topliss-reactive ketones (excluding diaryl/α,β-unsaturated/α-hetero) is 1. The minimum atomic E-state index is -0.232. The van der Waals surface area contributed by atoms with Gasteiger partial charge in [0.05, 0.1) is 0 Å². The topological polar surface area (TPSA) is 56.0 Å². The molecule has 0 unspecified atom stereocenters. The number of nitrogens with two attached hydrogens (primary N) is 1. The molecule has 3 nitrogen and oxygen atoms in total. The van der Waals surface area contributed by atoms with Gasteiger partial charge in [0.15, 0.2) is 0 Å². The lowest BCUT2D eigenvalue weighted by atomic mass is 9.80. The highest BCUT2D eigenvalue weighted by Crippen LogP contribution is 2.30. The normalized spacial score (nSPS) is 11.4. The highest BCUT2D eigenvalue weighted by atomic mass is 16.1. The van der Waals surface area contributed by atoms with Crippen LogP contribution in [0.2, 0.25) is 0 Å². The van der Waals surface area contributed by atoms with E-state index in [2.05, 4.69) is 4.98 Å². The standard InChI is InChI=1S/C11H16N2O/c1-8(14)7-11(2,3)9-5-4-6-13-10(9)12/h4-6H,7H2,1-3H3,(H2,12,13). The second kappa shape index (κ2) is 3.78. The number of hydrogen-bond acceptors (Lipinski definition) is 3. The molecule has 14 heavy (non-hydrogen) atoms. The maximum Gasteiger partial charge on any atom is 0.130 e. The Bertz CT molecular complexity index is 345. The molecule has 1 heterocycles. The van der Waals surface area contributed by atoms with E-state index in [1.165, 1.54) is 0 Å². The Hall–Kier alpha value is -1.38. The molecule has 0 spiro atoms. The maximum absolute atomic E-state index is 11.1. The second-order valence-corrected chi connectivity index (χ2v) is 4.20. The fourth-order valence-electron chi connectivity index (χ4n) is 1.71. The number of hydrogen-bond donors (Lipinski definition) is 1. The number of nitrogens with zero attached hydrogens (tertiary/aromatic N) is 1. The van der Waals surface area contributed by atoms with Crippen molar-refractivity contribution in [2.45, 2.75) is 32.6 Å². The van der Waals surface area contributed by atoms with Crippen LogP contribution in [0.1, 0.15) is 32.8 Å². The van der Waals surface area contributed by atoms with E-state index in [0.717, 1.165) is 5.56 Å². The second-order valence-electron chi connectivity index (χ2n) is 4.20. The van der Waals surface area contributed by atoms with Gasteiger partial charge in [-0.25, -0.2) is 4.98 Å². The Morgan fingerprint density at radius 1 is 1.57 bits per heavy atom. The Labute approximate surface area is 84.3 Å². The minimum absolute atomic E-state index is 0.165. The molecule has 0 aliphatic rings. The smallest absolute Gasteiger partial charge is 0.130 e. The summed E-state index contributed by atoms with van der Waals surface area (Å²) in [5.41, 5.74) is 6.47. The van der Waals surface area contributed by atoms with E-state index in [1.807, 2.05) is 26.0 Å². The highest BCUT2D eigenvalue weighted by molar-refractivity contribution is 5.77. The average Bonchev–Trinajstić information content (AvgIpc) is 2.02. The zero-order valence-corrected chi connectivity index (χ0v) is 8.87. The molecular weight excluding hydrogens is 176 g/mol. The summed E-state index contributed by atoms with van der Waals surface area (Å²) in [5, 5.41) is 0. The van der Waals surface area contributed by atoms with Gasteiger partial charge < -0.3 is 5.73 Å². The fourth-order valence-corrected chi connectivity index (χ4v) is 1.71. The summed E-state index contributed by atoms with van der Waals surface area (Å²) in [4.78, 5) is 15.1. The number of ketones is 1. The predicted octanol–water partition coefficient (Wildman–Crippen LogP) is 1.92. The molecule has 2 N–H and O–H groups in total. The zero-order valence-electron chi connectivity index (χ0n) is 8.87. The van der Waals surface area contributed by atoms with Gasteiger partial charge in [0.25, 0.3) is 0 Å². The van der Waals surface area contributed by atoms with Crippen LogP contribution in [0.25, 0.3) is 0 Å². The molecule has 76 valence electrons. The molecule has 0 bridgehead atoms. The van der Waals surface area contributed by atoms with Crippen LogP contribution in [0.15, 0.2) is 18.3 Å².